The molecule has 1 heterocycles. The second-order valence-corrected chi connectivity index (χ2v) is 9.27. The quantitative estimate of drug-likeness (QED) is 0.386. The predicted molar refractivity (Wildman–Crippen MR) is 120 cm³/mol. The van der Waals surface area contributed by atoms with E-state index in [1.807, 2.05) is 72.8 Å². The number of alkyl halides is 3. The Morgan fingerprint density at radius 1 is 0.828 bits per heavy atom. The van der Waals surface area contributed by atoms with Gasteiger partial charge < -0.3 is 9.67 Å². The first-order valence-corrected chi connectivity index (χ1v) is 10.4. The smallest absolute Gasteiger partial charge is 0.217 e. The summed E-state index contributed by atoms with van der Waals surface area (Å²) in [7, 11) is 0. The third kappa shape index (κ3) is 4.29. The summed E-state index contributed by atoms with van der Waals surface area (Å²) in [5, 5.41) is 11.0. The maximum absolute atomic E-state index is 11.0. The number of hydrogen-bond donors (Lipinski definition) is 1. The highest BCUT2D eigenvalue weighted by Crippen LogP contribution is 2.41. The predicted octanol–water partition coefficient (Wildman–Crippen LogP) is 5.95. The van der Waals surface area contributed by atoms with Crippen LogP contribution in [0.1, 0.15) is 22.9 Å². The number of nitrogens with zero attached hydrogens (tertiary/aromatic N) is 2. The first-order valence-electron chi connectivity index (χ1n) is 9.24. The number of aliphatic hydroxyl groups excluding tert-OH is 1. The van der Waals surface area contributed by atoms with E-state index in [2.05, 4.69) is 16.7 Å². The molecule has 148 valence electrons. The molecule has 4 aromatic rings. The van der Waals surface area contributed by atoms with Gasteiger partial charge in [-0.3, -0.25) is 0 Å². The average Bonchev–Trinajstić information content (AvgIpc) is 3.07. The fraction of sp³-hybridized carbons (Fsp3) is 0.174. The van der Waals surface area contributed by atoms with Crippen LogP contribution in [-0.4, -0.2) is 24.6 Å². The lowest BCUT2D eigenvalue weighted by molar-refractivity contribution is 0.156. The molecule has 1 N–H and O–H groups in total. The Morgan fingerprint density at radius 3 is 2.07 bits per heavy atom. The molecule has 0 aliphatic carbocycles. The average molecular weight is 446 g/mol. The number of rotatable bonds is 5. The summed E-state index contributed by atoms with van der Waals surface area (Å²) in [6, 6.07) is 27.5. The molecule has 6 heteroatoms. The number of hydrogen-bond acceptors (Lipinski definition) is 2. The summed E-state index contributed by atoms with van der Waals surface area (Å²) >= 11 is 18.4. The summed E-state index contributed by atoms with van der Waals surface area (Å²) < 4.78 is 0.220. The van der Waals surface area contributed by atoms with E-state index in [0.29, 0.717) is 12.4 Å². The van der Waals surface area contributed by atoms with Crippen LogP contribution in [0.15, 0.2) is 84.9 Å². The minimum absolute atomic E-state index is 0.590. The first kappa shape index (κ1) is 20.2. The van der Waals surface area contributed by atoms with Crippen molar-refractivity contribution < 1.29 is 5.11 Å². The second-order valence-electron chi connectivity index (χ2n) is 6.91. The van der Waals surface area contributed by atoms with E-state index in [1.54, 1.807) is 0 Å². The van der Waals surface area contributed by atoms with Crippen LogP contribution in [0.3, 0.4) is 0 Å². The molecule has 0 fully saturated rings. The van der Waals surface area contributed by atoms with E-state index in [1.165, 1.54) is 0 Å². The number of fused-ring (bicyclic) bond motifs is 1. The van der Waals surface area contributed by atoms with Crippen molar-refractivity contribution in [2.75, 3.05) is 0 Å². The van der Waals surface area contributed by atoms with E-state index in [9.17, 15) is 5.11 Å². The molecule has 0 saturated carbocycles. The van der Waals surface area contributed by atoms with E-state index in [-0.39, 0.29) is 0 Å². The highest BCUT2D eigenvalue weighted by atomic mass is 35.6. The van der Waals surface area contributed by atoms with Crippen molar-refractivity contribution in [3.63, 3.8) is 0 Å². The first-order chi connectivity index (χ1) is 13.9. The van der Waals surface area contributed by atoms with Gasteiger partial charge in [-0.25, -0.2) is 4.98 Å². The summed E-state index contributed by atoms with van der Waals surface area (Å²) in [5.41, 5.74) is 3.74. The summed E-state index contributed by atoms with van der Waals surface area (Å²) in [5.74, 6) is 0.0416. The van der Waals surface area contributed by atoms with E-state index in [4.69, 9.17) is 39.8 Å². The van der Waals surface area contributed by atoms with Gasteiger partial charge >= 0.3 is 0 Å². The maximum atomic E-state index is 11.0. The van der Waals surface area contributed by atoms with E-state index in [0.717, 1.165) is 22.2 Å². The highest BCUT2D eigenvalue weighted by molar-refractivity contribution is 6.68. The zero-order chi connectivity index (χ0) is 20.4. The van der Waals surface area contributed by atoms with Crippen LogP contribution in [-0.2, 0) is 6.54 Å². The monoisotopic (exact) mass is 444 g/mol. The molecule has 29 heavy (non-hydrogen) atoms. The van der Waals surface area contributed by atoms with Crippen LogP contribution in [0.4, 0.5) is 0 Å². The molecular weight excluding hydrogens is 427 g/mol. The molecular formula is C23H19Cl3N2O. The number of halogens is 3. The van der Waals surface area contributed by atoms with Gasteiger partial charge in [-0.05, 0) is 23.3 Å². The molecule has 0 amide bonds. The van der Waals surface area contributed by atoms with Gasteiger partial charge in [0.2, 0.25) is 3.79 Å². The van der Waals surface area contributed by atoms with Crippen LogP contribution >= 0.6 is 34.8 Å². The number of para-hydroxylation sites is 2. The Morgan fingerprint density at radius 2 is 1.41 bits per heavy atom. The van der Waals surface area contributed by atoms with Crippen molar-refractivity contribution in [1.29, 1.82) is 0 Å². The minimum Gasteiger partial charge on any atom is -0.388 e. The zero-order valence-corrected chi connectivity index (χ0v) is 17.7. The van der Waals surface area contributed by atoms with Crippen LogP contribution in [0.25, 0.3) is 11.0 Å². The molecule has 3 aromatic carbocycles. The van der Waals surface area contributed by atoms with Gasteiger partial charge in [0.25, 0.3) is 0 Å². The van der Waals surface area contributed by atoms with Crippen molar-refractivity contribution >= 4 is 45.8 Å². The van der Waals surface area contributed by atoms with E-state index < -0.39 is 15.8 Å². The fourth-order valence-corrected chi connectivity index (χ4v) is 3.96. The highest BCUT2D eigenvalue weighted by Gasteiger charge is 2.41. The van der Waals surface area contributed by atoms with Crippen molar-refractivity contribution in [1.82, 2.24) is 9.55 Å². The van der Waals surface area contributed by atoms with Gasteiger partial charge in [-0.2, -0.15) is 0 Å². The molecule has 0 aliphatic heterocycles. The Bertz CT molecular complexity index is 1090. The molecule has 0 bridgehead atoms. The maximum Gasteiger partial charge on any atom is 0.217 e. The lowest BCUT2D eigenvalue weighted by Crippen LogP contribution is -2.34. The lowest BCUT2D eigenvalue weighted by Gasteiger charge is -2.28. The van der Waals surface area contributed by atoms with Crippen molar-refractivity contribution in [3.8, 4) is 0 Å². The third-order valence-corrected chi connectivity index (χ3v) is 5.63. The Balaban J connectivity index is 1.92. The van der Waals surface area contributed by atoms with Crippen LogP contribution in [0.5, 0.6) is 0 Å². The molecule has 4 rings (SSSR count). The number of imidazole rings is 1. The molecule has 0 unspecified atom stereocenters. The normalized spacial score (nSPS) is 14.1. The topological polar surface area (TPSA) is 38.1 Å². The van der Waals surface area contributed by atoms with Gasteiger partial charge in [0.15, 0.2) is 0 Å². The summed E-state index contributed by atoms with van der Waals surface area (Å²) in [6.45, 7) is 0.590. The van der Waals surface area contributed by atoms with Crippen LogP contribution in [0, 0.1) is 0 Å². The molecule has 0 saturated heterocycles. The second kappa shape index (κ2) is 8.37. The molecule has 1 aromatic heterocycles. The lowest BCUT2D eigenvalue weighted by atomic mass is 9.93. The number of aliphatic hydroxyl groups is 1. The van der Waals surface area contributed by atoms with Crippen LogP contribution < -0.4 is 0 Å². The molecule has 2 atom stereocenters. The standard InChI is InChI=1S/C23H19Cl3N2O/c24-23(25,26)21(29)20(17-11-5-2-6-12-17)22-27-18-13-7-8-14-19(18)28(22)15-16-9-3-1-4-10-16/h1-14,20-21,29H,15H2/t20-,21-/m1/s1. The van der Waals surface area contributed by atoms with Crippen LogP contribution in [0.2, 0.25) is 0 Å². The van der Waals surface area contributed by atoms with E-state index >= 15 is 0 Å². The summed E-state index contributed by atoms with van der Waals surface area (Å²) in [4.78, 5) is 4.85. The molecule has 0 spiro atoms. The Kier molecular flexibility index (Phi) is 5.84. The number of aromatic nitrogens is 2. The SMILES string of the molecule is O[C@H]([C@@H](c1ccccc1)c1nc2ccccc2n1Cc1ccccc1)C(Cl)(Cl)Cl. The van der Waals surface area contributed by atoms with Gasteiger partial charge in [0.1, 0.15) is 11.9 Å². The van der Waals surface area contributed by atoms with Gasteiger partial charge in [0.05, 0.1) is 17.0 Å². The molecule has 0 aliphatic rings. The Hall–Kier alpha value is -2.04. The largest absolute Gasteiger partial charge is 0.388 e. The number of benzene rings is 3. The minimum atomic E-state index is -1.86. The fourth-order valence-electron chi connectivity index (χ4n) is 3.59. The third-order valence-electron chi connectivity index (χ3n) is 4.96. The van der Waals surface area contributed by atoms with Crippen molar-refractivity contribution in [3.05, 3.63) is 102 Å². The zero-order valence-electron chi connectivity index (χ0n) is 15.4. The van der Waals surface area contributed by atoms with Crippen molar-refractivity contribution in [2.24, 2.45) is 0 Å². The Labute approximate surface area is 184 Å². The van der Waals surface area contributed by atoms with Crippen molar-refractivity contribution in [2.45, 2.75) is 22.4 Å². The summed E-state index contributed by atoms with van der Waals surface area (Å²) in [6.07, 6.45) is -1.28. The van der Waals surface area contributed by atoms with Gasteiger partial charge in [-0.15, -0.1) is 0 Å². The van der Waals surface area contributed by atoms with Gasteiger partial charge in [-0.1, -0.05) is 108 Å². The van der Waals surface area contributed by atoms with Gasteiger partial charge in [0, 0.05) is 6.54 Å². The molecule has 3 nitrogen and oxygen atoms in total. The molecule has 0 radical (unpaired) electrons.